The molecule has 0 spiro atoms. The first-order valence-corrected chi connectivity index (χ1v) is 14.7. The predicted octanol–water partition coefficient (Wildman–Crippen LogP) is 5.96. The number of benzene rings is 5. The fraction of sp³-hybridized carbons (Fsp3) is 0.0323. The second-order valence-corrected chi connectivity index (χ2v) is 13.1. The number of rotatable bonds is 7. The van der Waals surface area contributed by atoms with E-state index in [0.717, 1.165) is 27.6 Å². The van der Waals surface area contributed by atoms with E-state index >= 15 is 4.57 Å². The Morgan fingerprint density at radius 1 is 0.471 bits per heavy atom. The summed E-state index contributed by atoms with van der Waals surface area (Å²) in [6.45, 7) is 0. The van der Waals surface area contributed by atoms with Gasteiger partial charge in [0, 0.05) is 22.1 Å². The summed E-state index contributed by atoms with van der Waals surface area (Å²) in [7, 11) is -3.69. The lowest BCUT2D eigenvalue weighted by Crippen LogP contribution is -2.28. The Bertz CT molecular complexity index is 1300. The van der Waals surface area contributed by atoms with Crippen LogP contribution in [0.5, 0.6) is 0 Å². The topological polar surface area (TPSA) is 17.1 Å². The SMILES string of the molecule is O=P(c1ccccc1)(c1ccccc1)c1ccccc1CP(c1ccccc1)c1ccccc1. The molecule has 0 saturated heterocycles. The van der Waals surface area contributed by atoms with Crippen LogP contribution < -0.4 is 26.5 Å². The zero-order valence-electron chi connectivity index (χ0n) is 18.9. The van der Waals surface area contributed by atoms with Crippen molar-refractivity contribution < 1.29 is 4.57 Å². The van der Waals surface area contributed by atoms with E-state index in [2.05, 4.69) is 78.9 Å². The highest BCUT2D eigenvalue weighted by Gasteiger charge is 2.32. The summed E-state index contributed by atoms with van der Waals surface area (Å²) in [6, 6.07) is 49.6. The van der Waals surface area contributed by atoms with E-state index in [9.17, 15) is 0 Å². The maximum atomic E-state index is 15.1. The van der Waals surface area contributed by atoms with E-state index in [4.69, 9.17) is 0 Å². The van der Waals surface area contributed by atoms with Crippen LogP contribution in [0.3, 0.4) is 0 Å². The van der Waals surface area contributed by atoms with Crippen molar-refractivity contribution in [3.05, 3.63) is 151 Å². The van der Waals surface area contributed by atoms with E-state index in [-0.39, 0.29) is 0 Å². The molecule has 0 aliphatic carbocycles. The third kappa shape index (κ3) is 4.55. The Morgan fingerprint density at radius 2 is 0.853 bits per heavy atom. The van der Waals surface area contributed by atoms with Gasteiger partial charge in [-0.05, 0) is 24.1 Å². The van der Waals surface area contributed by atoms with Crippen LogP contribution in [-0.4, -0.2) is 0 Å². The molecule has 3 heteroatoms. The molecule has 5 rings (SSSR count). The Morgan fingerprint density at radius 3 is 1.32 bits per heavy atom. The van der Waals surface area contributed by atoms with Crippen molar-refractivity contribution in [3.63, 3.8) is 0 Å². The van der Waals surface area contributed by atoms with E-state index in [1.807, 2.05) is 66.7 Å². The fourth-order valence-corrected chi connectivity index (χ4v) is 9.73. The van der Waals surface area contributed by atoms with Crippen LogP contribution in [0.4, 0.5) is 0 Å². The number of hydrogen-bond acceptors (Lipinski definition) is 1. The fourth-order valence-electron chi connectivity index (χ4n) is 4.37. The predicted molar refractivity (Wildman–Crippen MR) is 149 cm³/mol. The summed E-state index contributed by atoms with van der Waals surface area (Å²) in [5, 5.41) is 5.34. The molecule has 5 aromatic rings. The summed E-state index contributed by atoms with van der Waals surface area (Å²) in [4.78, 5) is 0. The largest absolute Gasteiger partial charge is 0.309 e. The van der Waals surface area contributed by atoms with Crippen LogP contribution in [0, 0.1) is 0 Å². The van der Waals surface area contributed by atoms with Gasteiger partial charge in [0.1, 0.15) is 0 Å². The van der Waals surface area contributed by atoms with Crippen molar-refractivity contribution >= 4 is 41.6 Å². The van der Waals surface area contributed by atoms with Gasteiger partial charge in [0.25, 0.3) is 0 Å². The Balaban J connectivity index is 1.67. The molecule has 0 radical (unpaired) electrons. The molecular weight excluding hydrogens is 450 g/mol. The van der Waals surface area contributed by atoms with Gasteiger partial charge in [-0.25, -0.2) is 0 Å². The molecule has 5 aromatic carbocycles. The lowest BCUT2D eigenvalue weighted by molar-refractivity contribution is 0.592. The average Bonchev–Trinajstić information content (AvgIpc) is 2.93. The molecule has 34 heavy (non-hydrogen) atoms. The van der Waals surface area contributed by atoms with Gasteiger partial charge < -0.3 is 4.57 Å². The van der Waals surface area contributed by atoms with Crippen molar-refractivity contribution in [1.29, 1.82) is 0 Å². The minimum atomic E-state index is -3.04. The van der Waals surface area contributed by atoms with Crippen LogP contribution >= 0.6 is 15.1 Å². The highest BCUT2D eigenvalue weighted by Crippen LogP contribution is 2.46. The summed E-state index contributed by atoms with van der Waals surface area (Å²) < 4.78 is 15.1. The monoisotopic (exact) mass is 476 g/mol. The van der Waals surface area contributed by atoms with Crippen LogP contribution in [0.1, 0.15) is 5.56 Å². The molecule has 0 bridgehead atoms. The lowest BCUT2D eigenvalue weighted by Gasteiger charge is -2.25. The maximum Gasteiger partial charge on any atom is 0.171 e. The first-order chi connectivity index (χ1) is 16.8. The van der Waals surface area contributed by atoms with Crippen LogP contribution in [0.15, 0.2) is 146 Å². The van der Waals surface area contributed by atoms with E-state index in [1.165, 1.54) is 10.6 Å². The molecule has 0 fully saturated rings. The minimum absolute atomic E-state index is 0.649. The zero-order valence-corrected chi connectivity index (χ0v) is 20.7. The molecular formula is C31H26OP2. The molecule has 166 valence electrons. The highest BCUT2D eigenvalue weighted by molar-refractivity contribution is 7.85. The van der Waals surface area contributed by atoms with E-state index in [1.54, 1.807) is 0 Å². The van der Waals surface area contributed by atoms with Crippen molar-refractivity contribution in [2.45, 2.75) is 6.16 Å². The molecule has 0 aromatic heterocycles. The van der Waals surface area contributed by atoms with Gasteiger partial charge in [0.05, 0.1) is 0 Å². The van der Waals surface area contributed by atoms with Gasteiger partial charge in [-0.1, -0.05) is 146 Å². The molecule has 1 nitrogen and oxygen atoms in total. The molecule has 0 heterocycles. The third-order valence-electron chi connectivity index (χ3n) is 6.03. The van der Waals surface area contributed by atoms with Crippen LogP contribution in [0.2, 0.25) is 0 Å². The summed E-state index contributed by atoms with van der Waals surface area (Å²) in [6.07, 6.45) is 0.836. The average molecular weight is 476 g/mol. The minimum Gasteiger partial charge on any atom is -0.309 e. The van der Waals surface area contributed by atoms with Gasteiger partial charge in [0.15, 0.2) is 7.14 Å². The summed E-state index contributed by atoms with van der Waals surface area (Å²) >= 11 is 0. The Hall–Kier alpha value is -3.24. The van der Waals surface area contributed by atoms with Crippen molar-refractivity contribution in [2.75, 3.05) is 0 Å². The second-order valence-electron chi connectivity index (χ2n) is 8.17. The Labute approximate surface area is 203 Å². The van der Waals surface area contributed by atoms with Crippen molar-refractivity contribution in [1.82, 2.24) is 0 Å². The normalized spacial score (nSPS) is 11.4. The second kappa shape index (κ2) is 10.4. The smallest absolute Gasteiger partial charge is 0.171 e. The third-order valence-corrected chi connectivity index (χ3v) is 11.7. The van der Waals surface area contributed by atoms with Gasteiger partial charge in [0.2, 0.25) is 0 Å². The van der Waals surface area contributed by atoms with E-state index in [0.29, 0.717) is 0 Å². The quantitative estimate of drug-likeness (QED) is 0.265. The van der Waals surface area contributed by atoms with Gasteiger partial charge >= 0.3 is 0 Å². The Kier molecular flexibility index (Phi) is 6.87. The molecule has 0 aliphatic heterocycles. The first kappa shape index (κ1) is 22.5. The first-order valence-electron chi connectivity index (χ1n) is 11.4. The van der Waals surface area contributed by atoms with Crippen molar-refractivity contribution in [2.24, 2.45) is 0 Å². The van der Waals surface area contributed by atoms with Crippen LogP contribution in [0.25, 0.3) is 0 Å². The van der Waals surface area contributed by atoms with Crippen molar-refractivity contribution in [3.8, 4) is 0 Å². The molecule has 0 aliphatic rings. The lowest BCUT2D eigenvalue weighted by atomic mass is 10.2. The van der Waals surface area contributed by atoms with E-state index < -0.39 is 15.1 Å². The molecule has 0 N–H and O–H groups in total. The summed E-state index contributed by atoms with van der Waals surface area (Å²) in [5.74, 6) is 0. The highest BCUT2D eigenvalue weighted by atomic mass is 31.2. The summed E-state index contributed by atoms with van der Waals surface area (Å²) in [5.41, 5.74) is 1.15. The molecule has 0 saturated carbocycles. The van der Waals surface area contributed by atoms with Gasteiger partial charge in [-0.15, -0.1) is 0 Å². The number of hydrogen-bond donors (Lipinski definition) is 0. The van der Waals surface area contributed by atoms with Gasteiger partial charge in [-0.2, -0.15) is 0 Å². The van der Waals surface area contributed by atoms with Crippen LogP contribution in [-0.2, 0) is 10.7 Å². The molecule has 0 amide bonds. The molecule has 0 unspecified atom stereocenters. The maximum absolute atomic E-state index is 15.1. The zero-order chi connectivity index (χ0) is 23.2. The standard InChI is InChI=1S/C31H26OP2/c32-34(29-20-9-3-10-21-29,30-22-11-4-12-23-30)31-24-14-13-15-26(31)25-33(27-16-5-1-6-17-27)28-18-7-2-8-19-28/h1-24H,25H2. The molecule has 0 atom stereocenters. The van der Waals surface area contributed by atoms with Gasteiger partial charge in [-0.3, -0.25) is 0 Å².